The van der Waals surface area contributed by atoms with Crippen LogP contribution in [0.2, 0.25) is 0 Å². The molecule has 1 N–H and O–H groups in total. The van der Waals surface area contributed by atoms with Crippen molar-refractivity contribution in [1.82, 2.24) is 9.88 Å². The van der Waals surface area contributed by atoms with Crippen LogP contribution in [0.3, 0.4) is 0 Å². The second kappa shape index (κ2) is 6.58. The molecular formula is C12H16N2O4. The third-order valence-corrected chi connectivity index (χ3v) is 2.48. The number of aromatic hydroxyl groups is 1. The van der Waals surface area contributed by atoms with E-state index in [1.807, 2.05) is 0 Å². The van der Waals surface area contributed by atoms with Crippen LogP contribution in [0.25, 0.3) is 0 Å². The molecule has 0 aliphatic carbocycles. The number of ether oxygens (including phenoxy) is 1. The van der Waals surface area contributed by atoms with Gasteiger partial charge in [0.1, 0.15) is 5.75 Å². The first-order valence-corrected chi connectivity index (χ1v) is 5.51. The molecule has 1 rings (SSSR count). The predicted molar refractivity (Wildman–Crippen MR) is 64.1 cm³/mol. The number of nitrogens with zero attached hydrogens (tertiary/aromatic N) is 2. The van der Waals surface area contributed by atoms with Gasteiger partial charge in [0, 0.05) is 26.2 Å². The summed E-state index contributed by atoms with van der Waals surface area (Å²) in [5.41, 5.74) is 0.200. The molecule has 6 nitrogen and oxygen atoms in total. The Morgan fingerprint density at radius 3 is 2.83 bits per heavy atom. The van der Waals surface area contributed by atoms with E-state index in [0.717, 1.165) is 0 Å². The molecule has 0 bridgehead atoms. The average molecular weight is 252 g/mol. The Kier molecular flexibility index (Phi) is 5.10. The van der Waals surface area contributed by atoms with Gasteiger partial charge in [0.2, 0.25) is 0 Å². The van der Waals surface area contributed by atoms with E-state index in [1.54, 1.807) is 7.05 Å². The highest BCUT2D eigenvalue weighted by atomic mass is 16.5. The molecule has 0 aliphatic rings. The van der Waals surface area contributed by atoms with E-state index in [2.05, 4.69) is 9.72 Å². The van der Waals surface area contributed by atoms with Crippen molar-refractivity contribution in [3.8, 4) is 5.75 Å². The lowest BCUT2D eigenvalue weighted by Gasteiger charge is -2.17. The number of rotatable bonds is 5. The largest absolute Gasteiger partial charge is 0.505 e. The first kappa shape index (κ1) is 14.0. The summed E-state index contributed by atoms with van der Waals surface area (Å²) in [4.78, 5) is 28.0. The number of pyridine rings is 1. The molecule has 0 radical (unpaired) electrons. The maximum Gasteiger partial charge on any atom is 0.305 e. The summed E-state index contributed by atoms with van der Waals surface area (Å²) < 4.78 is 4.51. The summed E-state index contributed by atoms with van der Waals surface area (Å²) >= 11 is 0. The maximum absolute atomic E-state index is 11.9. The van der Waals surface area contributed by atoms with Crippen LogP contribution in [-0.2, 0) is 9.53 Å². The number of aromatic nitrogens is 1. The van der Waals surface area contributed by atoms with Crippen LogP contribution in [0.15, 0.2) is 18.5 Å². The molecule has 1 heterocycles. The van der Waals surface area contributed by atoms with Crippen molar-refractivity contribution in [2.75, 3.05) is 20.7 Å². The molecule has 1 aromatic rings. The van der Waals surface area contributed by atoms with E-state index in [9.17, 15) is 14.7 Å². The van der Waals surface area contributed by atoms with Gasteiger partial charge in [-0.1, -0.05) is 0 Å². The molecule has 1 amide bonds. The standard InChI is InChI=1S/C12H16N2O4/c1-14(7-3-4-11(16)18-2)12(17)9-5-6-13-8-10(9)15/h5-6,8,15H,3-4,7H2,1-2H3. The third-order valence-electron chi connectivity index (χ3n) is 2.48. The Labute approximate surface area is 105 Å². The van der Waals surface area contributed by atoms with Crippen LogP contribution in [-0.4, -0.2) is 47.6 Å². The summed E-state index contributed by atoms with van der Waals surface area (Å²) in [6.07, 6.45) is 3.43. The number of hydrogen-bond acceptors (Lipinski definition) is 5. The molecule has 98 valence electrons. The maximum atomic E-state index is 11.9. The molecule has 0 unspecified atom stereocenters. The number of methoxy groups -OCH3 is 1. The lowest BCUT2D eigenvalue weighted by molar-refractivity contribution is -0.140. The molecule has 0 saturated carbocycles. The molecule has 0 fully saturated rings. The van der Waals surface area contributed by atoms with Gasteiger partial charge in [-0.05, 0) is 12.5 Å². The Hall–Kier alpha value is -2.11. The Morgan fingerprint density at radius 1 is 1.50 bits per heavy atom. The Morgan fingerprint density at radius 2 is 2.22 bits per heavy atom. The topological polar surface area (TPSA) is 79.7 Å². The van der Waals surface area contributed by atoms with Gasteiger partial charge < -0.3 is 14.7 Å². The number of esters is 1. The van der Waals surface area contributed by atoms with E-state index in [-0.39, 0.29) is 29.6 Å². The fraction of sp³-hybridized carbons (Fsp3) is 0.417. The van der Waals surface area contributed by atoms with Crippen molar-refractivity contribution in [2.24, 2.45) is 0 Å². The smallest absolute Gasteiger partial charge is 0.305 e. The van der Waals surface area contributed by atoms with Crippen LogP contribution in [0, 0.1) is 0 Å². The van der Waals surface area contributed by atoms with Gasteiger partial charge in [0.15, 0.2) is 0 Å². The molecule has 0 spiro atoms. The van der Waals surface area contributed by atoms with Crippen molar-refractivity contribution in [3.63, 3.8) is 0 Å². The van der Waals surface area contributed by atoms with Crippen molar-refractivity contribution >= 4 is 11.9 Å². The van der Waals surface area contributed by atoms with Gasteiger partial charge in [0.05, 0.1) is 18.9 Å². The first-order valence-electron chi connectivity index (χ1n) is 5.51. The van der Waals surface area contributed by atoms with Crippen molar-refractivity contribution in [2.45, 2.75) is 12.8 Å². The highest BCUT2D eigenvalue weighted by Gasteiger charge is 2.15. The quantitative estimate of drug-likeness (QED) is 0.784. The van der Waals surface area contributed by atoms with Gasteiger partial charge in [-0.25, -0.2) is 0 Å². The lowest BCUT2D eigenvalue weighted by atomic mass is 10.2. The molecule has 0 saturated heterocycles. The fourth-order valence-corrected chi connectivity index (χ4v) is 1.44. The monoisotopic (exact) mass is 252 g/mol. The van der Waals surface area contributed by atoms with E-state index in [4.69, 9.17) is 0 Å². The van der Waals surface area contributed by atoms with Gasteiger partial charge in [-0.2, -0.15) is 0 Å². The highest BCUT2D eigenvalue weighted by Crippen LogP contribution is 2.15. The van der Waals surface area contributed by atoms with E-state index in [0.29, 0.717) is 13.0 Å². The molecule has 0 aliphatic heterocycles. The fourth-order valence-electron chi connectivity index (χ4n) is 1.44. The summed E-state index contributed by atoms with van der Waals surface area (Å²) in [6.45, 7) is 0.412. The Balaban J connectivity index is 2.52. The van der Waals surface area contributed by atoms with Crippen LogP contribution in [0.5, 0.6) is 5.75 Å². The van der Waals surface area contributed by atoms with Crippen molar-refractivity contribution < 1.29 is 19.4 Å². The molecule has 0 atom stereocenters. The summed E-state index contributed by atoms with van der Waals surface area (Å²) in [5, 5.41) is 9.50. The molecule has 6 heteroatoms. The van der Waals surface area contributed by atoms with Gasteiger partial charge >= 0.3 is 5.97 Å². The van der Waals surface area contributed by atoms with E-state index in [1.165, 1.54) is 30.5 Å². The molecule has 0 aromatic carbocycles. The van der Waals surface area contributed by atoms with Crippen molar-refractivity contribution in [1.29, 1.82) is 0 Å². The van der Waals surface area contributed by atoms with Gasteiger partial charge in [-0.3, -0.25) is 14.6 Å². The second-order valence-electron chi connectivity index (χ2n) is 3.80. The SMILES string of the molecule is COC(=O)CCCN(C)C(=O)c1ccncc1O. The minimum Gasteiger partial charge on any atom is -0.505 e. The van der Waals surface area contributed by atoms with Gasteiger partial charge in [-0.15, -0.1) is 0 Å². The highest BCUT2D eigenvalue weighted by molar-refractivity contribution is 5.96. The zero-order chi connectivity index (χ0) is 13.5. The average Bonchev–Trinajstić information content (AvgIpc) is 2.38. The Bertz CT molecular complexity index is 434. The summed E-state index contributed by atoms with van der Waals surface area (Å²) in [5.74, 6) is -0.760. The molecule has 1 aromatic heterocycles. The normalized spacial score (nSPS) is 9.89. The number of amides is 1. The minimum atomic E-state index is -0.306. The molecular weight excluding hydrogens is 236 g/mol. The predicted octanol–water partition coefficient (Wildman–Crippen LogP) is 0.812. The van der Waals surface area contributed by atoms with E-state index < -0.39 is 0 Å². The first-order chi connectivity index (χ1) is 8.56. The van der Waals surface area contributed by atoms with Crippen LogP contribution >= 0.6 is 0 Å². The minimum absolute atomic E-state index is 0.151. The summed E-state index contributed by atoms with van der Waals surface area (Å²) in [7, 11) is 2.94. The second-order valence-corrected chi connectivity index (χ2v) is 3.80. The summed E-state index contributed by atoms with van der Waals surface area (Å²) in [6, 6.07) is 1.45. The third kappa shape index (κ3) is 3.73. The van der Waals surface area contributed by atoms with Crippen molar-refractivity contribution in [3.05, 3.63) is 24.0 Å². The van der Waals surface area contributed by atoms with Crippen LogP contribution in [0.1, 0.15) is 23.2 Å². The molecule has 18 heavy (non-hydrogen) atoms. The zero-order valence-corrected chi connectivity index (χ0v) is 10.4. The number of carbonyl (C=O) groups excluding carboxylic acids is 2. The van der Waals surface area contributed by atoms with Crippen LogP contribution in [0.4, 0.5) is 0 Å². The lowest BCUT2D eigenvalue weighted by Crippen LogP contribution is -2.28. The zero-order valence-electron chi connectivity index (χ0n) is 10.4. The van der Waals surface area contributed by atoms with E-state index >= 15 is 0 Å². The number of hydrogen-bond donors (Lipinski definition) is 1. The van der Waals surface area contributed by atoms with Crippen LogP contribution < -0.4 is 0 Å². The number of carbonyl (C=O) groups is 2. The van der Waals surface area contributed by atoms with Gasteiger partial charge in [0.25, 0.3) is 5.91 Å².